The summed E-state index contributed by atoms with van der Waals surface area (Å²) in [7, 11) is 1.98. The minimum Gasteiger partial charge on any atom is -0.403 e. The van der Waals surface area contributed by atoms with Gasteiger partial charge in [0.2, 0.25) is 0 Å². The van der Waals surface area contributed by atoms with Gasteiger partial charge in [-0.25, -0.2) is 4.98 Å². The highest BCUT2D eigenvalue weighted by Crippen LogP contribution is 2.25. The standard InChI is InChI=1S/C20H27N7O/c1-23-14-6-2-3-8-16(14)25-18-10-9-13(19(22)28)20(27-18)26-17(12-21)15-7-4-5-11-24-15/h4-5,7,9-12,14,16,23H,2-3,6,8,21H2,1H3,(H2,22,28)(H2,25,26,27)/t14?,16-/m1/s1. The average molecular weight is 381 g/mol. The Balaban J connectivity index is 1.86. The number of amides is 1. The van der Waals surface area contributed by atoms with E-state index in [2.05, 4.69) is 25.9 Å². The van der Waals surface area contributed by atoms with Gasteiger partial charge in [-0.1, -0.05) is 18.9 Å². The van der Waals surface area contributed by atoms with Crippen LogP contribution in [0.1, 0.15) is 41.7 Å². The second kappa shape index (κ2) is 9.18. The number of nitrogens with one attached hydrogen (secondary N) is 3. The van der Waals surface area contributed by atoms with E-state index in [1.807, 2.05) is 25.2 Å². The fourth-order valence-electron chi connectivity index (χ4n) is 3.51. The Bertz CT molecular complexity index is 838. The zero-order valence-electron chi connectivity index (χ0n) is 16.0. The van der Waals surface area contributed by atoms with Gasteiger partial charge >= 0.3 is 0 Å². The van der Waals surface area contributed by atoms with Crippen molar-refractivity contribution in [3.05, 3.63) is 54.0 Å². The van der Waals surface area contributed by atoms with Gasteiger partial charge in [0, 0.05) is 24.5 Å². The molecule has 0 spiro atoms. The summed E-state index contributed by atoms with van der Waals surface area (Å²) in [6, 6.07) is 9.60. The Morgan fingerprint density at radius 2 is 1.96 bits per heavy atom. The molecule has 0 aliphatic heterocycles. The molecule has 1 amide bonds. The lowest BCUT2D eigenvalue weighted by molar-refractivity contribution is 0.100. The first-order chi connectivity index (χ1) is 13.6. The summed E-state index contributed by atoms with van der Waals surface area (Å²) in [5.74, 6) is 0.457. The molecule has 1 aliphatic rings. The molecule has 2 heterocycles. The Morgan fingerprint density at radius 1 is 1.18 bits per heavy atom. The van der Waals surface area contributed by atoms with Gasteiger partial charge in [0.25, 0.3) is 5.91 Å². The van der Waals surface area contributed by atoms with E-state index in [1.54, 1.807) is 18.3 Å². The second-order valence-electron chi connectivity index (χ2n) is 6.81. The third-order valence-corrected chi connectivity index (χ3v) is 4.99. The number of nitrogens with two attached hydrogens (primary N) is 2. The van der Waals surface area contributed by atoms with Crippen molar-refractivity contribution in [1.29, 1.82) is 0 Å². The zero-order valence-corrected chi connectivity index (χ0v) is 16.0. The number of primary amides is 1. The number of likely N-dealkylation sites (N-methyl/N-ethyl adjacent to an activating group) is 1. The molecule has 1 unspecified atom stereocenters. The molecule has 2 aromatic heterocycles. The first-order valence-corrected chi connectivity index (χ1v) is 9.47. The SMILES string of the molecule is CNC1CCCC[C@H]1Nc1ccc(C(N)=O)c(NC(=CN)c2ccccn2)n1. The molecule has 2 aromatic rings. The summed E-state index contributed by atoms with van der Waals surface area (Å²) in [6.45, 7) is 0. The van der Waals surface area contributed by atoms with Crippen LogP contribution < -0.4 is 27.4 Å². The molecule has 0 aromatic carbocycles. The Morgan fingerprint density at radius 3 is 2.61 bits per heavy atom. The van der Waals surface area contributed by atoms with Crippen molar-refractivity contribution in [3.63, 3.8) is 0 Å². The summed E-state index contributed by atoms with van der Waals surface area (Å²) >= 11 is 0. The van der Waals surface area contributed by atoms with Crippen LogP contribution in [-0.2, 0) is 0 Å². The molecule has 148 valence electrons. The second-order valence-corrected chi connectivity index (χ2v) is 6.81. The van der Waals surface area contributed by atoms with Gasteiger partial charge in [-0.15, -0.1) is 0 Å². The molecular formula is C20H27N7O. The monoisotopic (exact) mass is 381 g/mol. The third kappa shape index (κ3) is 4.58. The maximum Gasteiger partial charge on any atom is 0.252 e. The van der Waals surface area contributed by atoms with Crippen LogP contribution in [0.3, 0.4) is 0 Å². The summed E-state index contributed by atoms with van der Waals surface area (Å²) < 4.78 is 0. The molecule has 1 fully saturated rings. The highest BCUT2D eigenvalue weighted by atomic mass is 16.1. The molecular weight excluding hydrogens is 354 g/mol. The summed E-state index contributed by atoms with van der Waals surface area (Å²) in [6.07, 6.45) is 7.65. The number of pyridine rings is 2. The summed E-state index contributed by atoms with van der Waals surface area (Å²) in [5, 5.41) is 9.96. The van der Waals surface area contributed by atoms with E-state index in [1.165, 1.54) is 19.0 Å². The number of aromatic nitrogens is 2. The number of carbonyl (C=O) groups excluding carboxylic acids is 1. The number of rotatable bonds is 7. The van der Waals surface area contributed by atoms with E-state index < -0.39 is 5.91 Å². The maximum atomic E-state index is 11.9. The van der Waals surface area contributed by atoms with E-state index in [9.17, 15) is 4.79 Å². The predicted molar refractivity (Wildman–Crippen MR) is 112 cm³/mol. The molecule has 0 bridgehead atoms. The van der Waals surface area contributed by atoms with Gasteiger partial charge in [0.1, 0.15) is 11.6 Å². The quantitative estimate of drug-likeness (QED) is 0.495. The van der Waals surface area contributed by atoms with E-state index in [0.717, 1.165) is 12.8 Å². The van der Waals surface area contributed by atoms with Crippen molar-refractivity contribution >= 4 is 23.2 Å². The van der Waals surface area contributed by atoms with Crippen LogP contribution in [0.4, 0.5) is 11.6 Å². The van der Waals surface area contributed by atoms with Crippen LogP contribution in [-0.4, -0.2) is 35.0 Å². The molecule has 1 aliphatic carbocycles. The molecule has 28 heavy (non-hydrogen) atoms. The lowest BCUT2D eigenvalue weighted by Gasteiger charge is -2.32. The van der Waals surface area contributed by atoms with Crippen molar-refractivity contribution < 1.29 is 4.79 Å². The number of anilines is 2. The number of hydrogen-bond acceptors (Lipinski definition) is 7. The molecule has 8 heteroatoms. The molecule has 0 saturated heterocycles. The fraction of sp³-hybridized carbons (Fsp3) is 0.350. The zero-order chi connectivity index (χ0) is 19.9. The summed E-state index contributed by atoms with van der Waals surface area (Å²) in [4.78, 5) is 20.7. The van der Waals surface area contributed by atoms with Gasteiger partial charge < -0.3 is 27.4 Å². The van der Waals surface area contributed by atoms with E-state index in [-0.39, 0.29) is 11.6 Å². The number of nitrogens with zero attached hydrogens (tertiary/aromatic N) is 2. The third-order valence-electron chi connectivity index (χ3n) is 4.99. The smallest absolute Gasteiger partial charge is 0.252 e. The highest BCUT2D eigenvalue weighted by molar-refractivity contribution is 5.99. The lowest BCUT2D eigenvalue weighted by atomic mass is 9.90. The molecule has 8 nitrogen and oxygen atoms in total. The van der Waals surface area contributed by atoms with Gasteiger partial charge in [0.05, 0.1) is 17.0 Å². The van der Waals surface area contributed by atoms with Crippen LogP contribution in [0.2, 0.25) is 0 Å². The first kappa shape index (κ1) is 19.6. The Labute approximate surface area is 164 Å². The molecule has 1 saturated carbocycles. The highest BCUT2D eigenvalue weighted by Gasteiger charge is 2.24. The van der Waals surface area contributed by atoms with Crippen LogP contribution in [0.25, 0.3) is 5.70 Å². The van der Waals surface area contributed by atoms with Crippen molar-refractivity contribution in [1.82, 2.24) is 15.3 Å². The molecule has 0 radical (unpaired) electrons. The normalized spacial score (nSPS) is 19.8. The number of carbonyl (C=O) groups is 1. The minimum absolute atomic E-state index is 0.277. The lowest BCUT2D eigenvalue weighted by Crippen LogP contribution is -2.44. The average Bonchev–Trinajstić information content (AvgIpc) is 2.73. The Hall–Kier alpha value is -3.13. The van der Waals surface area contributed by atoms with Crippen LogP contribution >= 0.6 is 0 Å². The summed E-state index contributed by atoms with van der Waals surface area (Å²) in [5.41, 5.74) is 12.8. The van der Waals surface area contributed by atoms with Crippen LogP contribution in [0.15, 0.2) is 42.7 Å². The fourth-order valence-corrected chi connectivity index (χ4v) is 3.51. The van der Waals surface area contributed by atoms with Gasteiger partial charge in [0.15, 0.2) is 0 Å². The maximum absolute atomic E-state index is 11.9. The topological polar surface area (TPSA) is 131 Å². The largest absolute Gasteiger partial charge is 0.403 e. The molecule has 2 atom stereocenters. The minimum atomic E-state index is -0.565. The molecule has 7 N–H and O–H groups in total. The Kier molecular flexibility index (Phi) is 6.44. The van der Waals surface area contributed by atoms with Gasteiger partial charge in [-0.2, -0.15) is 0 Å². The predicted octanol–water partition coefficient (Wildman–Crippen LogP) is 1.89. The first-order valence-electron chi connectivity index (χ1n) is 9.47. The van der Waals surface area contributed by atoms with Crippen molar-refractivity contribution in [2.45, 2.75) is 37.8 Å². The van der Waals surface area contributed by atoms with Gasteiger partial charge in [-0.05, 0) is 44.2 Å². The molecule has 3 rings (SSSR count). The number of hydrogen-bond donors (Lipinski definition) is 5. The van der Waals surface area contributed by atoms with Crippen molar-refractivity contribution in [3.8, 4) is 0 Å². The van der Waals surface area contributed by atoms with Crippen LogP contribution in [0.5, 0.6) is 0 Å². The van der Waals surface area contributed by atoms with E-state index in [0.29, 0.717) is 29.1 Å². The van der Waals surface area contributed by atoms with Gasteiger partial charge in [-0.3, -0.25) is 9.78 Å². The van der Waals surface area contributed by atoms with Crippen molar-refractivity contribution in [2.24, 2.45) is 11.5 Å². The van der Waals surface area contributed by atoms with E-state index >= 15 is 0 Å². The van der Waals surface area contributed by atoms with Crippen LogP contribution in [0, 0.1) is 0 Å². The van der Waals surface area contributed by atoms with Crippen molar-refractivity contribution in [2.75, 3.05) is 17.7 Å². The van der Waals surface area contributed by atoms with E-state index in [4.69, 9.17) is 11.5 Å².